The van der Waals surface area contributed by atoms with Gasteiger partial charge in [-0.25, -0.2) is 0 Å². The Morgan fingerprint density at radius 1 is 1.00 bits per heavy atom. The summed E-state index contributed by atoms with van der Waals surface area (Å²) in [4.78, 5) is 0. The van der Waals surface area contributed by atoms with E-state index in [-0.39, 0.29) is 0 Å². The van der Waals surface area contributed by atoms with Crippen molar-refractivity contribution in [3.05, 3.63) is 22.7 Å². The summed E-state index contributed by atoms with van der Waals surface area (Å²) in [5.41, 5.74) is 2.79. The summed E-state index contributed by atoms with van der Waals surface area (Å²) in [6.45, 7) is 0. The highest BCUT2D eigenvalue weighted by Gasteiger charge is 2.11. The predicted molar refractivity (Wildman–Crippen MR) is 43.0 cm³/mol. The lowest BCUT2D eigenvalue weighted by molar-refractivity contribution is 1.88. The number of terminal acetylenes is 1. The molecular formula is C8H5Br. The average Bonchev–Trinajstić information content (AvgIpc) is 2.46. The van der Waals surface area contributed by atoms with Crippen molar-refractivity contribution in [1.29, 1.82) is 0 Å². The van der Waals surface area contributed by atoms with Crippen LogP contribution in [0.4, 0.5) is 0 Å². The molecule has 0 N–H and O–H groups in total. The van der Waals surface area contributed by atoms with Gasteiger partial charge >= 0.3 is 0 Å². The molecule has 0 amide bonds. The molecule has 0 nitrogen and oxygen atoms in total. The van der Waals surface area contributed by atoms with Crippen LogP contribution in [0.15, 0.2) is 22.7 Å². The van der Waals surface area contributed by atoms with Gasteiger partial charge in [0.25, 0.3) is 0 Å². The van der Waals surface area contributed by atoms with Gasteiger partial charge in [-0.3, -0.25) is 0 Å². The summed E-state index contributed by atoms with van der Waals surface area (Å²) in [7, 11) is 0. The van der Waals surface area contributed by atoms with Crippen LogP contribution in [0.2, 0.25) is 0 Å². The van der Waals surface area contributed by atoms with E-state index in [1.807, 2.05) is 0 Å². The second-order valence-corrected chi connectivity index (χ2v) is 2.64. The first-order valence-corrected chi connectivity index (χ1v) is 3.30. The Morgan fingerprint density at radius 2 is 1.44 bits per heavy atom. The summed E-state index contributed by atoms with van der Waals surface area (Å²) in [5.74, 6) is 0. The van der Waals surface area contributed by atoms with Gasteiger partial charge in [0.2, 0.25) is 0 Å². The molecule has 0 aromatic rings. The maximum atomic E-state index is 4.00. The van der Waals surface area contributed by atoms with Gasteiger partial charge in [-0.15, -0.1) is 12.8 Å². The predicted octanol–water partition coefficient (Wildman–Crippen LogP) is 2.68. The van der Waals surface area contributed by atoms with Crippen LogP contribution in [-0.2, 0) is 0 Å². The van der Waals surface area contributed by atoms with Crippen molar-refractivity contribution in [3.8, 4) is 24.0 Å². The van der Waals surface area contributed by atoms with E-state index in [1.165, 1.54) is 15.6 Å². The van der Waals surface area contributed by atoms with Crippen LogP contribution in [0.1, 0.15) is 0 Å². The van der Waals surface area contributed by atoms with Gasteiger partial charge < -0.3 is 0 Å². The zero-order valence-electron chi connectivity index (χ0n) is 4.76. The lowest BCUT2D eigenvalue weighted by Crippen LogP contribution is -1.39. The third kappa shape index (κ3) is 1.14. The van der Waals surface area contributed by atoms with Crippen molar-refractivity contribution in [1.82, 2.24) is 0 Å². The standard InChI is InChI=1S/C6H3Br.C2H2/c7-6-2-4-1-5(4)3-6;1-2/h1-3H;1-2H. The fourth-order valence-corrected chi connectivity index (χ4v) is 1.21. The number of halogens is 1. The summed E-state index contributed by atoms with van der Waals surface area (Å²) >= 11 is 3.35. The molecule has 2 rings (SSSR count). The SMILES string of the molecule is Brc1cc2cc-2c1.C#C. The third-order valence-electron chi connectivity index (χ3n) is 1.15. The molecule has 0 spiro atoms. The van der Waals surface area contributed by atoms with Crippen LogP contribution >= 0.6 is 15.9 Å². The Bertz CT molecular complexity index is 228. The van der Waals surface area contributed by atoms with E-state index in [2.05, 4.69) is 47.0 Å². The Labute approximate surface area is 63.0 Å². The van der Waals surface area contributed by atoms with Crippen molar-refractivity contribution >= 4 is 15.9 Å². The highest BCUT2D eigenvalue weighted by atomic mass is 79.9. The van der Waals surface area contributed by atoms with Crippen LogP contribution < -0.4 is 0 Å². The maximum Gasteiger partial charge on any atom is 0.0187 e. The van der Waals surface area contributed by atoms with Gasteiger partial charge in [0.15, 0.2) is 0 Å². The zero-order valence-corrected chi connectivity index (χ0v) is 6.35. The van der Waals surface area contributed by atoms with Gasteiger partial charge in [-0.05, 0) is 29.3 Å². The first kappa shape index (κ1) is 6.38. The number of fused-ring (bicyclic) bond motifs is 1. The number of hydrogen-bond donors (Lipinski definition) is 0. The third-order valence-corrected chi connectivity index (χ3v) is 1.61. The molecule has 0 heterocycles. The van der Waals surface area contributed by atoms with Crippen LogP contribution in [-0.4, -0.2) is 0 Å². The molecule has 0 bridgehead atoms. The molecule has 0 aliphatic heterocycles. The van der Waals surface area contributed by atoms with Crippen molar-refractivity contribution in [2.75, 3.05) is 0 Å². The average molecular weight is 181 g/mol. The number of hydrogen-bond acceptors (Lipinski definition) is 0. The lowest BCUT2D eigenvalue weighted by atomic mass is 10.6. The topological polar surface area (TPSA) is 0 Å². The quantitative estimate of drug-likeness (QED) is 0.548. The number of benzene rings is 1. The fourth-order valence-electron chi connectivity index (χ4n) is 0.720. The summed E-state index contributed by atoms with van der Waals surface area (Å²) in [5, 5.41) is 0. The second-order valence-electron chi connectivity index (χ2n) is 1.73. The zero-order chi connectivity index (χ0) is 6.85. The fraction of sp³-hybridized carbons (Fsp3) is 0. The van der Waals surface area contributed by atoms with Crippen LogP contribution in [0, 0.1) is 12.8 Å². The van der Waals surface area contributed by atoms with Gasteiger partial charge in [-0.1, -0.05) is 15.9 Å². The largest absolute Gasteiger partial charge is 0.124 e. The van der Waals surface area contributed by atoms with E-state index in [1.54, 1.807) is 0 Å². The van der Waals surface area contributed by atoms with Crippen molar-refractivity contribution < 1.29 is 0 Å². The van der Waals surface area contributed by atoms with Crippen LogP contribution in [0.25, 0.3) is 11.1 Å². The van der Waals surface area contributed by atoms with E-state index < -0.39 is 0 Å². The van der Waals surface area contributed by atoms with E-state index in [9.17, 15) is 0 Å². The summed E-state index contributed by atoms with van der Waals surface area (Å²) < 4.78 is 1.21. The van der Waals surface area contributed by atoms with E-state index in [0.717, 1.165) is 0 Å². The smallest absolute Gasteiger partial charge is 0.0187 e. The molecule has 1 heteroatoms. The monoisotopic (exact) mass is 180 g/mol. The molecule has 0 saturated carbocycles. The first-order valence-electron chi connectivity index (χ1n) is 2.50. The molecule has 0 aromatic heterocycles. The highest BCUT2D eigenvalue weighted by Crippen LogP contribution is 2.38. The second kappa shape index (κ2) is 2.24. The Balaban J connectivity index is 0.000000186. The minimum absolute atomic E-state index is 1.21. The van der Waals surface area contributed by atoms with Gasteiger partial charge in [0.05, 0.1) is 0 Å². The summed E-state index contributed by atoms with van der Waals surface area (Å²) in [6.07, 6.45) is 8.00. The summed E-state index contributed by atoms with van der Waals surface area (Å²) in [6, 6.07) is 6.40. The molecule has 0 radical (unpaired) electrons. The molecule has 0 saturated heterocycles. The molecule has 0 atom stereocenters. The van der Waals surface area contributed by atoms with E-state index >= 15 is 0 Å². The Kier molecular flexibility index (Phi) is 1.59. The minimum Gasteiger partial charge on any atom is -0.124 e. The first-order chi connectivity index (χ1) is 4.36. The number of rotatable bonds is 0. The van der Waals surface area contributed by atoms with Crippen LogP contribution in [0.5, 0.6) is 0 Å². The maximum absolute atomic E-state index is 4.00. The lowest BCUT2D eigenvalue weighted by Gasteiger charge is -1.66. The highest BCUT2D eigenvalue weighted by molar-refractivity contribution is 9.10. The van der Waals surface area contributed by atoms with Crippen molar-refractivity contribution in [2.45, 2.75) is 0 Å². The van der Waals surface area contributed by atoms with E-state index in [0.29, 0.717) is 0 Å². The van der Waals surface area contributed by atoms with Gasteiger partial charge in [0.1, 0.15) is 0 Å². The molecule has 0 unspecified atom stereocenters. The Morgan fingerprint density at radius 3 is 1.67 bits per heavy atom. The molecule has 0 aromatic carbocycles. The van der Waals surface area contributed by atoms with Gasteiger partial charge in [-0.2, -0.15) is 0 Å². The van der Waals surface area contributed by atoms with Crippen molar-refractivity contribution in [2.24, 2.45) is 0 Å². The van der Waals surface area contributed by atoms with E-state index in [4.69, 9.17) is 0 Å². The van der Waals surface area contributed by atoms with Gasteiger partial charge in [0, 0.05) is 4.47 Å². The minimum atomic E-state index is 1.21. The van der Waals surface area contributed by atoms with Crippen molar-refractivity contribution in [3.63, 3.8) is 0 Å². The molecule has 44 valence electrons. The normalized spacial score (nSPS) is 9.22. The Hall–Kier alpha value is -0.740. The molecule has 0 fully saturated rings. The molecule has 2 aliphatic rings. The molecule has 9 heavy (non-hydrogen) atoms. The molecular weight excluding hydrogens is 176 g/mol. The van der Waals surface area contributed by atoms with Crippen LogP contribution in [0.3, 0.4) is 0 Å². The molecule has 2 aliphatic carbocycles.